The van der Waals surface area contributed by atoms with Gasteiger partial charge < -0.3 is 14.4 Å². The van der Waals surface area contributed by atoms with E-state index in [0.29, 0.717) is 0 Å². The highest BCUT2D eigenvalue weighted by Gasteiger charge is 2.51. The van der Waals surface area contributed by atoms with E-state index in [9.17, 15) is 0 Å². The number of aryl methyl sites for hydroxylation is 2. The van der Waals surface area contributed by atoms with E-state index in [1.807, 2.05) is 0 Å². The standard InChI is InChI=1S/2C13H23N.C13H17N.C10H11N/c1-9-7-11-8-10-5-3-4-6-12(10)13(11)14(9)2;2*1-9-7-12-11-6-4-3-5-10(11)8-13(12)14(9)2;1-8-7-9-5-3-4-6-10(9)11(8)2/h2*9-13H,3-8H2,1-2H3;3-6,9,12-13H,7-8H2,1-2H3;3-7H,1-2H3. The van der Waals surface area contributed by atoms with Crippen molar-refractivity contribution in [1.82, 2.24) is 19.3 Å². The third kappa shape index (κ3) is 7.21. The predicted molar refractivity (Wildman–Crippen MR) is 225 cm³/mol. The van der Waals surface area contributed by atoms with E-state index in [-0.39, 0.29) is 0 Å². The lowest BCUT2D eigenvalue weighted by molar-refractivity contribution is 0.147. The van der Waals surface area contributed by atoms with Crippen LogP contribution in [0.5, 0.6) is 0 Å². The highest BCUT2D eigenvalue weighted by Crippen LogP contribution is 2.53. The Hall–Kier alpha value is -2.14. The van der Waals surface area contributed by atoms with E-state index < -0.39 is 0 Å². The quantitative estimate of drug-likeness (QED) is 0.230. The molecular weight excluding hydrogens is 645 g/mol. The second-order valence-corrected chi connectivity index (χ2v) is 19.6. The van der Waals surface area contributed by atoms with Crippen LogP contribution >= 0.6 is 0 Å². The van der Waals surface area contributed by atoms with Crippen LogP contribution < -0.4 is 0 Å². The maximum Gasteiger partial charge on any atom is 0.0479 e. The fourth-order valence-electron chi connectivity index (χ4n) is 13.8. The van der Waals surface area contributed by atoms with Gasteiger partial charge in [0, 0.05) is 60.4 Å². The van der Waals surface area contributed by atoms with Gasteiger partial charge in [0.15, 0.2) is 0 Å². The van der Waals surface area contributed by atoms with Crippen molar-refractivity contribution in [2.45, 2.75) is 160 Å². The number of hydrogen-bond donors (Lipinski definition) is 0. The molecule has 53 heavy (non-hydrogen) atoms. The summed E-state index contributed by atoms with van der Waals surface area (Å²) >= 11 is 0. The van der Waals surface area contributed by atoms with Crippen molar-refractivity contribution < 1.29 is 0 Å². The Kier molecular flexibility index (Phi) is 11.2. The summed E-state index contributed by atoms with van der Waals surface area (Å²) in [6.45, 7) is 9.30. The highest BCUT2D eigenvalue weighted by molar-refractivity contribution is 5.81. The normalized spacial score (nSPS) is 39.7. The van der Waals surface area contributed by atoms with Crippen molar-refractivity contribution in [3.63, 3.8) is 0 Å². The van der Waals surface area contributed by atoms with Crippen molar-refractivity contribution in [3.05, 3.63) is 71.4 Å². The summed E-state index contributed by atoms with van der Waals surface area (Å²) in [5.74, 6) is 7.34. The summed E-state index contributed by atoms with van der Waals surface area (Å²) in [5.41, 5.74) is 5.83. The van der Waals surface area contributed by atoms with Gasteiger partial charge in [-0.2, -0.15) is 0 Å². The molecule has 11 rings (SSSR count). The molecule has 8 aliphatic rings. The van der Waals surface area contributed by atoms with Gasteiger partial charge in [-0.1, -0.05) is 81.0 Å². The van der Waals surface area contributed by atoms with Crippen LogP contribution in [0.2, 0.25) is 0 Å². The van der Waals surface area contributed by atoms with Crippen LogP contribution in [0, 0.1) is 42.4 Å². The predicted octanol–water partition coefficient (Wildman–Crippen LogP) is 10.7. The van der Waals surface area contributed by atoms with Crippen LogP contribution in [0.3, 0.4) is 0 Å². The van der Waals surface area contributed by atoms with Crippen LogP contribution in [0.25, 0.3) is 10.9 Å². The molecule has 4 heteroatoms. The smallest absolute Gasteiger partial charge is 0.0479 e. The van der Waals surface area contributed by atoms with Crippen molar-refractivity contribution in [2.75, 3.05) is 21.1 Å². The Balaban J connectivity index is 0.000000101. The van der Waals surface area contributed by atoms with Gasteiger partial charge in [-0.05, 0) is 164 Å². The van der Waals surface area contributed by atoms with Gasteiger partial charge in [0.1, 0.15) is 0 Å². The van der Waals surface area contributed by atoms with E-state index in [4.69, 9.17) is 0 Å². The van der Waals surface area contributed by atoms with Gasteiger partial charge in [0.2, 0.25) is 0 Å². The number of aromatic nitrogens is 1. The molecule has 13 unspecified atom stereocenters. The van der Waals surface area contributed by atoms with Gasteiger partial charge in [0.25, 0.3) is 0 Å². The molecular formula is C49H74N4. The summed E-state index contributed by atoms with van der Waals surface area (Å²) in [4.78, 5) is 7.92. The van der Waals surface area contributed by atoms with Gasteiger partial charge >= 0.3 is 0 Å². The molecule has 4 heterocycles. The molecule has 5 aliphatic carbocycles. The van der Waals surface area contributed by atoms with E-state index in [1.54, 1.807) is 36.8 Å². The van der Waals surface area contributed by atoms with E-state index in [0.717, 1.165) is 77.7 Å². The van der Waals surface area contributed by atoms with Gasteiger partial charge in [-0.3, -0.25) is 4.90 Å². The summed E-state index contributed by atoms with van der Waals surface area (Å²) in [7, 11) is 9.10. The highest BCUT2D eigenvalue weighted by atomic mass is 15.2. The zero-order chi connectivity index (χ0) is 37.0. The second kappa shape index (κ2) is 15.8. The second-order valence-electron chi connectivity index (χ2n) is 19.6. The molecule has 0 bridgehead atoms. The minimum Gasteiger partial charge on any atom is -0.348 e. The Morgan fingerprint density at radius 3 is 1.94 bits per heavy atom. The van der Waals surface area contributed by atoms with Crippen molar-refractivity contribution in [1.29, 1.82) is 0 Å². The molecule has 0 spiro atoms. The topological polar surface area (TPSA) is 14.7 Å². The molecule has 0 radical (unpaired) electrons. The fourth-order valence-corrected chi connectivity index (χ4v) is 13.8. The first-order chi connectivity index (χ1) is 25.6. The zero-order valence-corrected chi connectivity index (χ0v) is 34.9. The summed E-state index contributed by atoms with van der Waals surface area (Å²) in [6.07, 6.45) is 20.9. The Bertz CT molecular complexity index is 1670. The Labute approximate surface area is 324 Å². The first kappa shape index (κ1) is 37.8. The molecule has 3 aliphatic heterocycles. The summed E-state index contributed by atoms with van der Waals surface area (Å²) in [5, 5.41) is 1.33. The van der Waals surface area contributed by atoms with Crippen LogP contribution in [0.1, 0.15) is 127 Å². The van der Waals surface area contributed by atoms with Crippen LogP contribution in [0.15, 0.2) is 54.6 Å². The van der Waals surface area contributed by atoms with Crippen molar-refractivity contribution in [3.8, 4) is 0 Å². The molecule has 290 valence electrons. The number of nitrogens with zero attached hydrogens (tertiary/aromatic N) is 4. The molecule has 13 atom stereocenters. The first-order valence-electron chi connectivity index (χ1n) is 22.3. The average Bonchev–Trinajstić information content (AvgIpc) is 4.02. The monoisotopic (exact) mass is 719 g/mol. The maximum absolute atomic E-state index is 2.70. The molecule has 4 saturated carbocycles. The summed E-state index contributed by atoms with van der Waals surface area (Å²) in [6, 6.07) is 24.8. The first-order valence-corrected chi connectivity index (χ1v) is 22.3. The van der Waals surface area contributed by atoms with Crippen molar-refractivity contribution >= 4 is 10.9 Å². The Morgan fingerprint density at radius 2 is 1.17 bits per heavy atom. The van der Waals surface area contributed by atoms with Gasteiger partial charge in [0.05, 0.1) is 0 Å². The summed E-state index contributed by atoms with van der Waals surface area (Å²) < 4.78 is 2.20. The number of benzene rings is 2. The number of para-hydroxylation sites is 1. The van der Waals surface area contributed by atoms with E-state index in [2.05, 4.69) is 130 Å². The molecule has 0 amide bonds. The lowest BCUT2D eigenvalue weighted by Crippen LogP contribution is -2.37. The Morgan fingerprint density at radius 1 is 0.547 bits per heavy atom. The largest absolute Gasteiger partial charge is 0.348 e. The van der Waals surface area contributed by atoms with Gasteiger partial charge in [-0.15, -0.1) is 0 Å². The number of fused-ring (bicyclic) bond motifs is 10. The fraction of sp³-hybridized carbons (Fsp3) is 0.714. The molecule has 4 nitrogen and oxygen atoms in total. The number of likely N-dealkylation sites (N-methyl/N-ethyl adjacent to an activating group) is 1. The molecule has 3 aromatic rings. The van der Waals surface area contributed by atoms with Crippen LogP contribution in [-0.2, 0) is 13.5 Å². The zero-order valence-electron chi connectivity index (χ0n) is 34.9. The molecule has 3 saturated heterocycles. The molecule has 7 fully saturated rings. The minimum absolute atomic E-state index is 0.762. The van der Waals surface area contributed by atoms with Crippen molar-refractivity contribution in [2.24, 2.45) is 42.6 Å². The average molecular weight is 719 g/mol. The third-order valence-electron chi connectivity index (χ3n) is 17.0. The SMILES string of the molecule is CC1CC2C3CCCCC3CC2N1C.CC1CC2CC3CCCCC3C2N1C.CC1CC2c3ccccc3CC2N1C.Cc1cc2ccccc2n1C. The molecule has 2 aromatic carbocycles. The number of rotatable bonds is 0. The molecule has 0 N–H and O–H groups in total. The van der Waals surface area contributed by atoms with E-state index >= 15 is 0 Å². The third-order valence-corrected chi connectivity index (χ3v) is 17.0. The molecule has 1 aromatic heterocycles. The van der Waals surface area contributed by atoms with Crippen LogP contribution in [-0.4, -0.2) is 76.7 Å². The van der Waals surface area contributed by atoms with E-state index in [1.165, 1.54) is 80.8 Å². The van der Waals surface area contributed by atoms with Crippen LogP contribution in [0.4, 0.5) is 0 Å². The number of likely N-dealkylation sites (tertiary alicyclic amines) is 3. The number of hydrogen-bond acceptors (Lipinski definition) is 3. The maximum atomic E-state index is 2.70. The van der Waals surface area contributed by atoms with Gasteiger partial charge in [-0.25, -0.2) is 0 Å². The minimum atomic E-state index is 0.762. The lowest BCUT2D eigenvalue weighted by Gasteiger charge is -2.34. The lowest BCUT2D eigenvalue weighted by atomic mass is 9.77.